The maximum atomic E-state index is 11.8. The van der Waals surface area contributed by atoms with Crippen molar-refractivity contribution in [3.8, 4) is 0 Å². The van der Waals surface area contributed by atoms with E-state index in [0.717, 1.165) is 26.0 Å². The highest BCUT2D eigenvalue weighted by Crippen LogP contribution is 2.43. The Bertz CT molecular complexity index is 1150. The lowest BCUT2D eigenvalue weighted by molar-refractivity contribution is -0.268. The van der Waals surface area contributed by atoms with Gasteiger partial charge in [-0.3, -0.25) is 5.32 Å². The van der Waals surface area contributed by atoms with Gasteiger partial charge in [-0.25, -0.2) is 4.79 Å². The van der Waals surface area contributed by atoms with E-state index in [2.05, 4.69) is 29.0 Å². The summed E-state index contributed by atoms with van der Waals surface area (Å²) in [5, 5.41) is 21.4. The molecular formula is C26H29N3O5S2. The van der Waals surface area contributed by atoms with Crippen LogP contribution >= 0.6 is 23.1 Å². The number of carbonyl (C=O) groups is 1. The molecule has 8 nitrogen and oxygen atoms in total. The van der Waals surface area contributed by atoms with Crippen LogP contribution in [0.25, 0.3) is 0 Å². The van der Waals surface area contributed by atoms with E-state index >= 15 is 0 Å². The molecule has 0 bridgehead atoms. The molecule has 2 aromatic carbocycles. The number of amides is 1. The quantitative estimate of drug-likeness (QED) is 0.272. The summed E-state index contributed by atoms with van der Waals surface area (Å²) in [6.45, 7) is 7.73. The van der Waals surface area contributed by atoms with Crippen LogP contribution in [0.2, 0.25) is 0 Å². The number of hydrogen-bond acceptors (Lipinski definition) is 9. The Kier molecular flexibility index (Phi) is 9.11. The van der Waals surface area contributed by atoms with Gasteiger partial charge in [-0.15, -0.1) is 10.2 Å². The molecule has 190 valence electrons. The van der Waals surface area contributed by atoms with Crippen molar-refractivity contribution in [2.24, 2.45) is 5.92 Å². The highest BCUT2D eigenvalue weighted by Gasteiger charge is 2.38. The minimum atomic E-state index is -0.591. The van der Waals surface area contributed by atoms with Gasteiger partial charge in [0.1, 0.15) is 11.6 Å². The van der Waals surface area contributed by atoms with Crippen LogP contribution in [-0.2, 0) is 20.8 Å². The molecule has 1 amide bonds. The number of aromatic nitrogens is 2. The molecule has 0 spiro atoms. The first-order valence-corrected chi connectivity index (χ1v) is 13.3. The topological polar surface area (TPSA) is 103 Å². The summed E-state index contributed by atoms with van der Waals surface area (Å²) in [6, 6.07) is 15.1. The first kappa shape index (κ1) is 26.3. The number of aryl methyl sites for hydroxylation is 1. The molecule has 36 heavy (non-hydrogen) atoms. The summed E-state index contributed by atoms with van der Waals surface area (Å²) in [5.74, 6) is 0.777. The fourth-order valence-electron chi connectivity index (χ4n) is 3.81. The van der Waals surface area contributed by atoms with Crippen LogP contribution in [0.4, 0.5) is 10.5 Å². The fourth-order valence-corrected chi connectivity index (χ4v) is 5.82. The smallest absolute Gasteiger partial charge is 0.411 e. The SMILES string of the molecule is C=CCOC(=O)Nc1ccc(C2OC(CSc3nnc(C)s3)C(C)C(c3ccc(CO)cc3)O2)cc1. The second-order valence-corrected chi connectivity index (χ2v) is 10.8. The summed E-state index contributed by atoms with van der Waals surface area (Å²) >= 11 is 3.20. The first-order valence-electron chi connectivity index (χ1n) is 11.5. The molecule has 4 unspecified atom stereocenters. The monoisotopic (exact) mass is 527 g/mol. The van der Waals surface area contributed by atoms with Crippen molar-refractivity contribution in [1.82, 2.24) is 10.2 Å². The third-order valence-electron chi connectivity index (χ3n) is 5.76. The van der Waals surface area contributed by atoms with Crippen LogP contribution in [0.15, 0.2) is 65.5 Å². The minimum absolute atomic E-state index is 0.00482. The van der Waals surface area contributed by atoms with Gasteiger partial charge in [0, 0.05) is 22.9 Å². The lowest BCUT2D eigenvalue weighted by Crippen LogP contribution is -2.38. The Balaban J connectivity index is 1.52. The minimum Gasteiger partial charge on any atom is -0.445 e. The van der Waals surface area contributed by atoms with E-state index in [1.807, 2.05) is 43.3 Å². The fraction of sp³-hybridized carbons (Fsp3) is 0.346. The van der Waals surface area contributed by atoms with Gasteiger partial charge in [-0.05, 0) is 30.2 Å². The number of rotatable bonds is 9. The van der Waals surface area contributed by atoms with E-state index in [9.17, 15) is 9.90 Å². The van der Waals surface area contributed by atoms with E-state index in [1.54, 1.807) is 35.2 Å². The van der Waals surface area contributed by atoms with Gasteiger partial charge in [-0.2, -0.15) is 0 Å². The van der Waals surface area contributed by atoms with Crippen LogP contribution in [0.5, 0.6) is 0 Å². The summed E-state index contributed by atoms with van der Waals surface area (Å²) in [7, 11) is 0. The molecule has 4 rings (SSSR count). The van der Waals surface area contributed by atoms with E-state index < -0.39 is 12.4 Å². The number of nitrogens with zero attached hydrogens (tertiary/aromatic N) is 2. The largest absolute Gasteiger partial charge is 0.445 e. The zero-order valence-corrected chi connectivity index (χ0v) is 21.8. The predicted octanol–water partition coefficient (Wildman–Crippen LogP) is 5.66. The van der Waals surface area contributed by atoms with Crippen LogP contribution < -0.4 is 5.32 Å². The number of hydrogen-bond donors (Lipinski definition) is 2. The van der Waals surface area contributed by atoms with Gasteiger partial charge in [0.2, 0.25) is 0 Å². The number of carbonyl (C=O) groups excluding carboxylic acids is 1. The van der Waals surface area contributed by atoms with Gasteiger partial charge >= 0.3 is 6.09 Å². The Morgan fingerprint density at radius 2 is 1.89 bits per heavy atom. The first-order chi connectivity index (χ1) is 17.5. The lowest BCUT2D eigenvalue weighted by atomic mass is 9.91. The van der Waals surface area contributed by atoms with Crippen molar-refractivity contribution >= 4 is 34.9 Å². The third-order valence-corrected chi connectivity index (χ3v) is 7.82. The Morgan fingerprint density at radius 1 is 1.17 bits per heavy atom. The van der Waals surface area contributed by atoms with Gasteiger partial charge in [0.25, 0.3) is 0 Å². The Morgan fingerprint density at radius 3 is 2.53 bits per heavy atom. The van der Waals surface area contributed by atoms with Crippen molar-refractivity contribution in [3.05, 3.63) is 82.9 Å². The molecule has 1 aliphatic heterocycles. The van der Waals surface area contributed by atoms with Crippen molar-refractivity contribution in [2.75, 3.05) is 17.7 Å². The normalized spacial score (nSPS) is 21.6. The second kappa shape index (κ2) is 12.5. The van der Waals surface area contributed by atoms with E-state index in [4.69, 9.17) is 14.2 Å². The van der Waals surface area contributed by atoms with Gasteiger partial charge in [-0.1, -0.05) is 79.1 Å². The highest BCUT2D eigenvalue weighted by atomic mass is 32.2. The Hall–Kier alpha value is -2.76. The number of benzene rings is 2. The maximum Gasteiger partial charge on any atom is 0.411 e. The molecule has 2 heterocycles. The van der Waals surface area contributed by atoms with Crippen molar-refractivity contribution in [1.29, 1.82) is 0 Å². The van der Waals surface area contributed by atoms with Crippen molar-refractivity contribution < 1.29 is 24.1 Å². The summed E-state index contributed by atoms with van der Waals surface area (Å²) in [4.78, 5) is 11.8. The average Bonchev–Trinajstić information content (AvgIpc) is 3.32. The van der Waals surface area contributed by atoms with Gasteiger partial charge in [0.15, 0.2) is 10.6 Å². The molecule has 4 atom stereocenters. The molecule has 0 radical (unpaired) electrons. The molecule has 10 heteroatoms. The summed E-state index contributed by atoms with van der Waals surface area (Å²) in [5.41, 5.74) is 3.32. The molecule has 2 N–H and O–H groups in total. The predicted molar refractivity (Wildman–Crippen MR) is 140 cm³/mol. The van der Waals surface area contributed by atoms with Crippen molar-refractivity contribution in [2.45, 2.75) is 43.3 Å². The van der Waals surface area contributed by atoms with Gasteiger partial charge < -0.3 is 19.3 Å². The molecule has 0 aliphatic carbocycles. The maximum absolute atomic E-state index is 11.8. The molecule has 1 saturated heterocycles. The van der Waals surface area contributed by atoms with Crippen LogP contribution in [0, 0.1) is 12.8 Å². The third kappa shape index (κ3) is 6.71. The van der Waals surface area contributed by atoms with Crippen LogP contribution in [0.3, 0.4) is 0 Å². The summed E-state index contributed by atoms with van der Waals surface area (Å²) < 4.78 is 18.8. The van der Waals surface area contributed by atoms with Crippen molar-refractivity contribution in [3.63, 3.8) is 0 Å². The summed E-state index contributed by atoms with van der Waals surface area (Å²) in [6.07, 6.45) is 0.0668. The molecule has 3 aromatic rings. The zero-order valence-electron chi connectivity index (χ0n) is 20.1. The number of ether oxygens (including phenoxy) is 3. The van der Waals surface area contributed by atoms with E-state index in [-0.39, 0.29) is 31.3 Å². The number of aliphatic hydroxyl groups is 1. The van der Waals surface area contributed by atoms with E-state index in [0.29, 0.717) is 11.4 Å². The Labute approximate surface area is 218 Å². The number of aliphatic hydroxyl groups excluding tert-OH is 1. The van der Waals surface area contributed by atoms with E-state index in [1.165, 1.54) is 6.08 Å². The second-order valence-electron chi connectivity index (χ2n) is 8.35. The number of anilines is 1. The molecule has 0 saturated carbocycles. The van der Waals surface area contributed by atoms with Gasteiger partial charge in [0.05, 0.1) is 18.8 Å². The van der Waals surface area contributed by atoms with Crippen LogP contribution in [0.1, 0.15) is 41.0 Å². The number of thioether (sulfide) groups is 1. The molecule has 1 fully saturated rings. The lowest BCUT2D eigenvalue weighted by Gasteiger charge is -2.41. The van der Waals surface area contributed by atoms with Crippen LogP contribution in [-0.4, -0.2) is 39.9 Å². The molecular weight excluding hydrogens is 498 g/mol. The standard InChI is InChI=1S/C26H29N3O5S2/c1-4-13-32-25(31)27-21-11-9-20(10-12-21)24-33-22(15-35-26-29-28-17(3)36-26)16(2)23(34-24)19-7-5-18(14-30)6-8-19/h4-12,16,22-24,30H,1,13-15H2,2-3H3,(H,27,31). The molecule has 1 aromatic heterocycles. The zero-order chi connectivity index (χ0) is 25.5. The highest BCUT2D eigenvalue weighted by molar-refractivity contribution is 8.01. The molecule has 1 aliphatic rings. The number of nitrogens with one attached hydrogen (secondary N) is 1. The average molecular weight is 528 g/mol.